The number of rotatable bonds is 9. The Bertz CT molecular complexity index is 1190. The molecule has 0 aliphatic carbocycles. The number of hydrogen-bond acceptors (Lipinski definition) is 5. The maximum absolute atomic E-state index is 6.09. The Labute approximate surface area is 199 Å². The second-order valence-electron chi connectivity index (χ2n) is 8.99. The number of H-pyrrole nitrogens is 1. The van der Waals surface area contributed by atoms with E-state index in [9.17, 15) is 0 Å². The maximum atomic E-state index is 6.09. The Morgan fingerprint density at radius 1 is 1.06 bits per heavy atom. The third-order valence-corrected chi connectivity index (χ3v) is 6.01. The molecule has 3 heterocycles. The van der Waals surface area contributed by atoms with Gasteiger partial charge in [-0.3, -0.25) is 0 Å². The first-order valence-corrected chi connectivity index (χ1v) is 11.9. The van der Waals surface area contributed by atoms with Crippen molar-refractivity contribution in [3.05, 3.63) is 58.3 Å². The second-order valence-corrected chi connectivity index (χ2v) is 9.33. The molecule has 4 aromatic rings. The summed E-state index contributed by atoms with van der Waals surface area (Å²) in [5.41, 5.74) is 5.67. The zero-order chi connectivity index (χ0) is 23.5. The Morgan fingerprint density at radius 3 is 2.42 bits per heavy atom. The number of hydrogen-bond donors (Lipinski definition) is 1. The summed E-state index contributed by atoms with van der Waals surface area (Å²) in [6.07, 6.45) is 3.05. The minimum Gasteiger partial charge on any atom is -0.310 e. The lowest BCUT2D eigenvalue weighted by molar-refractivity contribution is 0.618. The van der Waals surface area contributed by atoms with E-state index >= 15 is 0 Å². The van der Waals surface area contributed by atoms with Gasteiger partial charge in [0.2, 0.25) is 5.28 Å². The zero-order valence-electron chi connectivity index (χ0n) is 19.9. The van der Waals surface area contributed by atoms with Crippen molar-refractivity contribution in [3.8, 4) is 17.2 Å². The van der Waals surface area contributed by atoms with E-state index in [0.29, 0.717) is 29.5 Å². The van der Waals surface area contributed by atoms with E-state index in [-0.39, 0.29) is 0 Å². The molecule has 0 atom stereocenters. The van der Waals surface area contributed by atoms with Gasteiger partial charge in [0.1, 0.15) is 5.82 Å². The predicted octanol–water partition coefficient (Wildman–Crippen LogP) is 5.54. The molecule has 3 aromatic heterocycles. The monoisotopic (exact) mass is 466 g/mol. The number of tetrazole rings is 1. The summed E-state index contributed by atoms with van der Waals surface area (Å²) in [7, 11) is 0. The fourth-order valence-corrected chi connectivity index (χ4v) is 4.30. The number of halogens is 1. The van der Waals surface area contributed by atoms with Gasteiger partial charge in [-0.1, -0.05) is 53.2 Å². The molecule has 0 fully saturated rings. The highest BCUT2D eigenvalue weighted by Gasteiger charge is 2.23. The topological polar surface area (TPSA) is 90.1 Å². The first-order chi connectivity index (χ1) is 15.9. The normalized spacial score (nSPS) is 11.8. The van der Waals surface area contributed by atoms with Crippen LogP contribution in [0.5, 0.6) is 0 Å². The summed E-state index contributed by atoms with van der Waals surface area (Å²) >= 11 is 6.09. The van der Waals surface area contributed by atoms with Crippen molar-refractivity contribution in [1.29, 1.82) is 0 Å². The third-order valence-electron chi connectivity index (χ3n) is 5.85. The van der Waals surface area contributed by atoms with Crippen LogP contribution in [0.15, 0.2) is 30.3 Å². The van der Waals surface area contributed by atoms with Crippen molar-refractivity contribution in [1.82, 2.24) is 40.0 Å². The van der Waals surface area contributed by atoms with Gasteiger partial charge in [-0.2, -0.15) is 0 Å². The Balaban J connectivity index is 1.71. The lowest BCUT2D eigenvalue weighted by Gasteiger charge is -2.16. The molecule has 0 bridgehead atoms. The highest BCUT2D eigenvalue weighted by molar-refractivity contribution is 6.28. The number of nitrogens with zero attached hydrogens (tertiary/aromatic N) is 7. The summed E-state index contributed by atoms with van der Waals surface area (Å²) in [6.45, 7) is 11.6. The van der Waals surface area contributed by atoms with E-state index in [0.717, 1.165) is 42.0 Å². The zero-order valence-corrected chi connectivity index (χ0v) is 20.6. The molecule has 1 aromatic carbocycles. The minimum atomic E-state index is 0.304. The molecule has 0 unspecified atom stereocenters. The summed E-state index contributed by atoms with van der Waals surface area (Å²) in [5.74, 6) is 2.28. The molecule has 33 heavy (non-hydrogen) atoms. The van der Waals surface area contributed by atoms with Crippen LogP contribution in [0.2, 0.25) is 5.28 Å². The first-order valence-electron chi connectivity index (χ1n) is 11.6. The standard InChI is InChI=1S/C24H31ClN8/c1-6-7-8-21-26-24(25)29-32(21)14-17-9-11-18(12-10-17)33-20(16(4)5)13-19(15(2)3)22(33)23-27-30-31-28-23/h9-13,15-16H,6-8,14H2,1-5H3,(H,27,28,30,31). The van der Waals surface area contributed by atoms with Crippen molar-refractivity contribution in [2.24, 2.45) is 0 Å². The highest BCUT2D eigenvalue weighted by Crippen LogP contribution is 2.36. The molecule has 0 radical (unpaired) electrons. The molecule has 174 valence electrons. The first kappa shape index (κ1) is 23.2. The molecule has 4 rings (SSSR count). The van der Waals surface area contributed by atoms with Gasteiger partial charge in [-0.25, -0.2) is 14.8 Å². The molecule has 0 saturated carbocycles. The number of benzene rings is 1. The van der Waals surface area contributed by atoms with Crippen LogP contribution in [0.25, 0.3) is 17.2 Å². The minimum absolute atomic E-state index is 0.304. The second kappa shape index (κ2) is 9.87. The van der Waals surface area contributed by atoms with Gasteiger partial charge in [-0.05, 0) is 69.6 Å². The molecule has 0 saturated heterocycles. The van der Waals surface area contributed by atoms with E-state index in [2.05, 4.69) is 100 Å². The van der Waals surface area contributed by atoms with Crippen molar-refractivity contribution in [2.45, 2.75) is 72.3 Å². The Morgan fingerprint density at radius 2 is 1.82 bits per heavy atom. The van der Waals surface area contributed by atoms with Crippen LogP contribution in [0.4, 0.5) is 0 Å². The number of aromatic nitrogens is 8. The average molecular weight is 467 g/mol. The number of aryl methyl sites for hydroxylation is 1. The molecule has 0 aliphatic heterocycles. The van der Waals surface area contributed by atoms with Crippen molar-refractivity contribution < 1.29 is 0 Å². The van der Waals surface area contributed by atoms with Crippen LogP contribution < -0.4 is 0 Å². The van der Waals surface area contributed by atoms with Crippen LogP contribution >= 0.6 is 11.6 Å². The summed E-state index contributed by atoms with van der Waals surface area (Å²) in [6, 6.07) is 10.8. The molecule has 0 amide bonds. The molecule has 8 nitrogen and oxygen atoms in total. The van der Waals surface area contributed by atoms with Gasteiger partial charge < -0.3 is 4.57 Å². The largest absolute Gasteiger partial charge is 0.310 e. The Hall–Kier alpha value is -3.00. The number of aromatic amines is 1. The maximum Gasteiger partial charge on any atom is 0.242 e. The van der Waals surface area contributed by atoms with Gasteiger partial charge in [0.15, 0.2) is 5.82 Å². The number of nitrogens with one attached hydrogen (secondary N) is 1. The average Bonchev–Trinajstić information content (AvgIpc) is 3.51. The molecular formula is C24H31ClN8. The van der Waals surface area contributed by atoms with Gasteiger partial charge in [-0.15, -0.1) is 10.2 Å². The molecule has 1 N–H and O–H groups in total. The molecule has 0 aliphatic rings. The highest BCUT2D eigenvalue weighted by atomic mass is 35.5. The van der Waals surface area contributed by atoms with E-state index in [1.165, 1.54) is 11.3 Å². The van der Waals surface area contributed by atoms with Crippen molar-refractivity contribution >= 4 is 11.6 Å². The van der Waals surface area contributed by atoms with E-state index in [1.54, 1.807) is 0 Å². The van der Waals surface area contributed by atoms with Gasteiger partial charge in [0.25, 0.3) is 0 Å². The fourth-order valence-electron chi connectivity index (χ4n) is 4.11. The fraction of sp³-hybridized carbons (Fsp3) is 0.458. The van der Waals surface area contributed by atoms with Crippen molar-refractivity contribution in [2.75, 3.05) is 0 Å². The lowest BCUT2D eigenvalue weighted by Crippen LogP contribution is -2.08. The van der Waals surface area contributed by atoms with E-state index in [1.807, 2.05) is 4.68 Å². The van der Waals surface area contributed by atoms with Crippen molar-refractivity contribution in [3.63, 3.8) is 0 Å². The molecule has 9 heteroatoms. The van der Waals surface area contributed by atoms with Crippen LogP contribution in [-0.4, -0.2) is 40.0 Å². The molecular weight excluding hydrogens is 436 g/mol. The van der Waals surface area contributed by atoms with Gasteiger partial charge >= 0.3 is 0 Å². The van der Waals surface area contributed by atoms with E-state index < -0.39 is 0 Å². The third kappa shape index (κ3) is 4.85. The molecule has 0 spiro atoms. The SMILES string of the molecule is CCCCc1nc(Cl)nn1Cc1ccc(-n2c(C(C)C)cc(C(C)C)c2-c2nnn[nH]2)cc1. The Kier molecular flexibility index (Phi) is 6.93. The van der Waals surface area contributed by atoms with Crippen LogP contribution in [0.1, 0.15) is 81.9 Å². The van der Waals surface area contributed by atoms with E-state index in [4.69, 9.17) is 11.6 Å². The smallest absolute Gasteiger partial charge is 0.242 e. The predicted molar refractivity (Wildman–Crippen MR) is 130 cm³/mol. The summed E-state index contributed by atoms with van der Waals surface area (Å²) in [4.78, 5) is 4.39. The van der Waals surface area contributed by atoms with Crippen LogP contribution in [0, 0.1) is 0 Å². The van der Waals surface area contributed by atoms with Crippen LogP contribution in [0.3, 0.4) is 0 Å². The summed E-state index contributed by atoms with van der Waals surface area (Å²) < 4.78 is 4.18. The number of unbranched alkanes of at least 4 members (excludes halogenated alkanes) is 1. The lowest BCUT2D eigenvalue weighted by atomic mass is 10.0. The van der Waals surface area contributed by atoms with Crippen LogP contribution in [-0.2, 0) is 13.0 Å². The van der Waals surface area contributed by atoms with Gasteiger partial charge in [0.05, 0.1) is 12.2 Å². The summed E-state index contributed by atoms with van der Waals surface area (Å²) in [5, 5.41) is 19.5. The van der Waals surface area contributed by atoms with Gasteiger partial charge in [0, 0.05) is 17.8 Å². The quantitative estimate of drug-likeness (QED) is 0.349.